The molecule has 0 aliphatic carbocycles. The smallest absolute Gasteiger partial charge is 0.305 e. The van der Waals surface area contributed by atoms with Crippen molar-refractivity contribution in [2.75, 3.05) is 19.7 Å². The average molecular weight is 600 g/mol. The molecule has 0 aromatic heterocycles. The second kappa shape index (κ2) is 19.7. The van der Waals surface area contributed by atoms with Gasteiger partial charge in [-0.3, -0.25) is 38.8 Å². The van der Waals surface area contributed by atoms with Gasteiger partial charge in [-0.1, -0.05) is 13.8 Å². The maximum Gasteiger partial charge on any atom is 0.305 e. The Bertz CT molecular complexity index is 1010. The standard InChI is InChI=1S/C25H45N9O8/c1-13(5-3-7-31-24(27)28)18(36)10-15(6-4-8-32-25(29)30)23(42)34-17(12-35)19(37)9-14(2)22(41)33-16(21(26)40)11-20(38)39/h13-17,35H,3-12H2,1-2H3,(H2,26,40)(H,33,41)(H,34,42)(H,38,39)(H4,27,28,31)(H4,29,30,32)/t13-,14+,15+,16-,17-/m0/s1. The van der Waals surface area contributed by atoms with Crippen molar-refractivity contribution in [1.29, 1.82) is 0 Å². The fourth-order valence-electron chi connectivity index (χ4n) is 3.85. The van der Waals surface area contributed by atoms with E-state index < -0.39 is 78.8 Å². The summed E-state index contributed by atoms with van der Waals surface area (Å²) in [4.78, 5) is 81.3. The number of amides is 3. The van der Waals surface area contributed by atoms with Crippen LogP contribution >= 0.6 is 0 Å². The molecule has 3 amide bonds. The monoisotopic (exact) mass is 599 g/mol. The number of carboxylic acids is 1. The van der Waals surface area contributed by atoms with Crippen LogP contribution in [0.15, 0.2) is 9.98 Å². The van der Waals surface area contributed by atoms with Crippen LogP contribution in [0.5, 0.6) is 0 Å². The Balaban J connectivity index is 5.38. The first-order chi connectivity index (χ1) is 19.6. The van der Waals surface area contributed by atoms with Gasteiger partial charge >= 0.3 is 5.97 Å². The number of ketones is 2. The summed E-state index contributed by atoms with van der Waals surface area (Å²) in [6.45, 7) is 2.84. The number of rotatable bonds is 22. The Morgan fingerprint density at radius 1 is 0.690 bits per heavy atom. The van der Waals surface area contributed by atoms with E-state index in [0.29, 0.717) is 25.8 Å². The molecule has 5 atom stereocenters. The van der Waals surface area contributed by atoms with Gasteiger partial charge in [0.25, 0.3) is 0 Å². The van der Waals surface area contributed by atoms with E-state index in [2.05, 4.69) is 20.6 Å². The summed E-state index contributed by atoms with van der Waals surface area (Å²) in [5, 5.41) is 23.3. The molecule has 0 aromatic carbocycles. The van der Waals surface area contributed by atoms with Crippen molar-refractivity contribution >= 4 is 47.2 Å². The first kappa shape index (κ1) is 37.7. The van der Waals surface area contributed by atoms with E-state index in [-0.39, 0.29) is 37.1 Å². The lowest BCUT2D eigenvalue weighted by molar-refractivity contribution is -0.140. The first-order valence-electron chi connectivity index (χ1n) is 13.5. The van der Waals surface area contributed by atoms with E-state index >= 15 is 0 Å². The van der Waals surface area contributed by atoms with Crippen LogP contribution in [0.3, 0.4) is 0 Å². The van der Waals surface area contributed by atoms with Crippen LogP contribution in [0.25, 0.3) is 0 Å². The minimum atomic E-state index is -1.48. The van der Waals surface area contributed by atoms with Gasteiger partial charge < -0.3 is 49.5 Å². The lowest BCUT2D eigenvalue weighted by atomic mass is 9.89. The molecule has 0 aliphatic heterocycles. The number of carbonyl (C=O) groups excluding carboxylic acids is 5. The van der Waals surface area contributed by atoms with Crippen LogP contribution < -0.4 is 39.3 Å². The van der Waals surface area contributed by atoms with E-state index in [9.17, 15) is 33.9 Å². The van der Waals surface area contributed by atoms with Crippen molar-refractivity contribution in [3.8, 4) is 0 Å². The first-order valence-corrected chi connectivity index (χ1v) is 13.5. The lowest BCUT2D eigenvalue weighted by Gasteiger charge is -2.23. The summed E-state index contributed by atoms with van der Waals surface area (Å²) in [7, 11) is 0. The summed E-state index contributed by atoms with van der Waals surface area (Å²) in [6, 6.07) is -2.86. The average Bonchev–Trinajstić information content (AvgIpc) is 2.89. The topological polar surface area (TPSA) is 322 Å². The number of carbonyl (C=O) groups is 6. The molecule has 238 valence electrons. The number of nitrogens with one attached hydrogen (secondary N) is 2. The normalized spacial score (nSPS) is 14.3. The largest absolute Gasteiger partial charge is 0.481 e. The number of hydrogen-bond acceptors (Lipinski definition) is 9. The summed E-state index contributed by atoms with van der Waals surface area (Å²) < 4.78 is 0. The molecule has 0 unspecified atom stereocenters. The third kappa shape index (κ3) is 16.1. The van der Waals surface area contributed by atoms with Crippen molar-refractivity contribution in [2.24, 2.45) is 56.4 Å². The number of carboxylic acid groups (broad SMARTS) is 1. The van der Waals surface area contributed by atoms with Crippen LogP contribution in [0.1, 0.15) is 58.8 Å². The molecule has 42 heavy (non-hydrogen) atoms. The van der Waals surface area contributed by atoms with Gasteiger partial charge in [-0.2, -0.15) is 0 Å². The van der Waals surface area contributed by atoms with E-state index in [1.165, 1.54) is 6.92 Å². The van der Waals surface area contributed by atoms with Gasteiger partial charge in [0, 0.05) is 43.7 Å². The van der Waals surface area contributed by atoms with Crippen molar-refractivity contribution < 1.29 is 39.0 Å². The highest BCUT2D eigenvalue weighted by atomic mass is 16.4. The van der Waals surface area contributed by atoms with Gasteiger partial charge in [-0.15, -0.1) is 0 Å². The van der Waals surface area contributed by atoms with Crippen LogP contribution in [0.2, 0.25) is 0 Å². The predicted molar refractivity (Wildman–Crippen MR) is 153 cm³/mol. The minimum absolute atomic E-state index is 0.0532. The van der Waals surface area contributed by atoms with Gasteiger partial charge in [0.1, 0.15) is 17.9 Å². The minimum Gasteiger partial charge on any atom is -0.481 e. The Hall–Kier alpha value is -4.28. The second-order valence-corrected chi connectivity index (χ2v) is 10.0. The van der Waals surface area contributed by atoms with Crippen molar-refractivity contribution in [1.82, 2.24) is 10.6 Å². The van der Waals surface area contributed by atoms with Gasteiger partial charge in [0.2, 0.25) is 17.7 Å². The van der Waals surface area contributed by atoms with Gasteiger partial charge in [-0.25, -0.2) is 0 Å². The molecule has 0 aliphatic rings. The van der Waals surface area contributed by atoms with Crippen LogP contribution in [-0.4, -0.2) is 89.2 Å². The van der Waals surface area contributed by atoms with Crippen LogP contribution in [-0.2, 0) is 28.8 Å². The number of aliphatic hydroxyl groups excluding tert-OH is 1. The zero-order chi connectivity index (χ0) is 32.4. The number of aliphatic hydroxyl groups is 1. The molecule has 17 heteroatoms. The quantitative estimate of drug-likeness (QED) is 0.0338. The third-order valence-electron chi connectivity index (χ3n) is 6.34. The molecular weight excluding hydrogens is 554 g/mol. The molecule has 0 bridgehead atoms. The summed E-state index contributed by atoms with van der Waals surface area (Å²) >= 11 is 0. The number of primary amides is 1. The fourth-order valence-corrected chi connectivity index (χ4v) is 3.85. The highest BCUT2D eigenvalue weighted by molar-refractivity contribution is 5.95. The Morgan fingerprint density at radius 3 is 1.69 bits per heavy atom. The van der Waals surface area contributed by atoms with E-state index in [4.69, 9.17) is 33.8 Å². The molecular formula is C25H45N9O8. The maximum absolute atomic E-state index is 13.1. The van der Waals surface area contributed by atoms with Crippen molar-refractivity contribution in [3.05, 3.63) is 0 Å². The maximum atomic E-state index is 13.1. The summed E-state index contributed by atoms with van der Waals surface area (Å²) in [6.07, 6.45) is 0.271. The number of guanidine groups is 2. The number of Topliss-reactive ketones (excluding diaryl/α,β-unsaturated/α-hetero) is 2. The summed E-state index contributed by atoms with van der Waals surface area (Å²) in [5.41, 5.74) is 26.4. The zero-order valence-electron chi connectivity index (χ0n) is 24.1. The van der Waals surface area contributed by atoms with E-state index in [0.717, 1.165) is 0 Å². The molecule has 17 nitrogen and oxygen atoms in total. The van der Waals surface area contributed by atoms with E-state index in [1.54, 1.807) is 6.92 Å². The van der Waals surface area contributed by atoms with Crippen molar-refractivity contribution in [3.63, 3.8) is 0 Å². The van der Waals surface area contributed by atoms with Crippen LogP contribution in [0, 0.1) is 17.8 Å². The predicted octanol–water partition coefficient (Wildman–Crippen LogP) is -3.18. The van der Waals surface area contributed by atoms with Crippen LogP contribution in [0.4, 0.5) is 0 Å². The molecule has 0 spiro atoms. The molecule has 0 saturated carbocycles. The highest BCUT2D eigenvalue weighted by Gasteiger charge is 2.30. The number of hydrogen-bond donors (Lipinski definition) is 9. The number of aliphatic imine (C=N–C) groups is 2. The van der Waals surface area contributed by atoms with Crippen molar-refractivity contribution in [2.45, 2.75) is 70.9 Å². The molecule has 0 aromatic rings. The molecule has 0 rings (SSSR count). The van der Waals surface area contributed by atoms with Gasteiger partial charge in [0.15, 0.2) is 17.7 Å². The molecule has 0 fully saturated rings. The van der Waals surface area contributed by atoms with Gasteiger partial charge in [0.05, 0.1) is 13.0 Å². The molecule has 0 radical (unpaired) electrons. The number of nitrogens with two attached hydrogens (primary N) is 5. The highest BCUT2D eigenvalue weighted by Crippen LogP contribution is 2.19. The lowest BCUT2D eigenvalue weighted by Crippen LogP contribution is -2.49. The SMILES string of the molecule is C[C@H](CC(=O)[C@H](CO)NC(=O)[C@H](CCCN=C(N)N)CC(=O)[C@@H](C)CCCN=C(N)N)C(=O)N[C@@H](CC(=O)O)C(N)=O. The Morgan fingerprint density at radius 2 is 1.21 bits per heavy atom. The second-order valence-electron chi connectivity index (χ2n) is 10.0. The zero-order valence-corrected chi connectivity index (χ0v) is 24.1. The molecule has 0 saturated heterocycles. The van der Waals surface area contributed by atoms with E-state index in [1.807, 2.05) is 0 Å². The van der Waals surface area contributed by atoms with Gasteiger partial charge in [-0.05, 0) is 25.7 Å². The Kier molecular flexibility index (Phi) is 17.7. The Labute approximate surface area is 244 Å². The molecule has 0 heterocycles. The number of aliphatic carboxylic acids is 1. The summed E-state index contributed by atoms with van der Waals surface area (Å²) in [5.74, 6) is -7.26. The third-order valence-corrected chi connectivity index (χ3v) is 6.34. The fraction of sp³-hybridized carbons (Fsp3) is 0.680. The number of nitrogens with zero attached hydrogens (tertiary/aromatic N) is 2. The molecule has 14 N–H and O–H groups in total.